The molecule has 1 aliphatic carbocycles. The van der Waals surface area contributed by atoms with Crippen LogP contribution in [0.4, 0.5) is 0 Å². The van der Waals surface area contributed by atoms with Gasteiger partial charge >= 0.3 is 0 Å². The van der Waals surface area contributed by atoms with Crippen molar-refractivity contribution in [1.82, 2.24) is 24.8 Å². The van der Waals surface area contributed by atoms with Crippen LogP contribution < -0.4 is 0 Å². The molecule has 2 fully saturated rings. The zero-order valence-electron chi connectivity index (χ0n) is 14.0. The van der Waals surface area contributed by atoms with Crippen LogP contribution in [-0.4, -0.2) is 43.8 Å². The molecule has 2 aliphatic rings. The number of nitrogens with one attached hydrogen (secondary N) is 1. The van der Waals surface area contributed by atoms with Crippen molar-refractivity contribution in [2.45, 2.75) is 44.9 Å². The van der Waals surface area contributed by atoms with Crippen LogP contribution in [0.1, 0.15) is 49.5 Å². The van der Waals surface area contributed by atoms with Crippen molar-refractivity contribution in [3.63, 3.8) is 0 Å². The maximum atomic E-state index is 12.4. The largest absolute Gasteiger partial charge is 0.343 e. The number of piperidine rings is 1. The SMILES string of the molecule is Cc1cc(-c2ncc[nH]2)nc(C2CCN(C(=O)C3CCC3)CC2)n1. The molecule has 0 bridgehead atoms. The molecule has 1 saturated carbocycles. The summed E-state index contributed by atoms with van der Waals surface area (Å²) in [4.78, 5) is 31.2. The third-order valence-electron chi connectivity index (χ3n) is 5.24. The van der Waals surface area contributed by atoms with Gasteiger partial charge in [0.05, 0.1) is 0 Å². The summed E-state index contributed by atoms with van der Waals surface area (Å²) in [5.74, 6) is 2.64. The number of nitrogens with zero attached hydrogens (tertiary/aromatic N) is 4. The zero-order chi connectivity index (χ0) is 16.5. The number of aromatic amines is 1. The summed E-state index contributed by atoms with van der Waals surface area (Å²) in [5, 5.41) is 0. The molecule has 6 nitrogen and oxygen atoms in total. The summed E-state index contributed by atoms with van der Waals surface area (Å²) in [6.07, 6.45) is 8.78. The molecule has 0 aromatic carbocycles. The number of imidazole rings is 1. The van der Waals surface area contributed by atoms with Gasteiger partial charge in [-0.25, -0.2) is 15.0 Å². The molecular weight excluding hydrogens is 302 g/mol. The summed E-state index contributed by atoms with van der Waals surface area (Å²) in [5.41, 5.74) is 1.80. The molecule has 1 saturated heterocycles. The number of hydrogen-bond acceptors (Lipinski definition) is 4. The molecule has 126 valence electrons. The Labute approximate surface area is 141 Å². The number of aryl methyl sites for hydroxylation is 1. The van der Waals surface area contributed by atoms with Crippen LogP contribution in [0.3, 0.4) is 0 Å². The van der Waals surface area contributed by atoms with Crippen molar-refractivity contribution in [1.29, 1.82) is 0 Å². The van der Waals surface area contributed by atoms with Crippen LogP contribution in [0.25, 0.3) is 11.5 Å². The van der Waals surface area contributed by atoms with Gasteiger partial charge in [-0.3, -0.25) is 4.79 Å². The van der Waals surface area contributed by atoms with Crippen molar-refractivity contribution in [2.24, 2.45) is 5.92 Å². The highest BCUT2D eigenvalue weighted by Crippen LogP contribution is 2.32. The molecule has 1 N–H and O–H groups in total. The quantitative estimate of drug-likeness (QED) is 0.941. The molecule has 0 atom stereocenters. The lowest BCUT2D eigenvalue weighted by atomic mass is 9.83. The average Bonchev–Trinajstić information content (AvgIpc) is 3.07. The van der Waals surface area contributed by atoms with E-state index in [9.17, 15) is 4.79 Å². The van der Waals surface area contributed by atoms with Gasteiger partial charge < -0.3 is 9.88 Å². The van der Waals surface area contributed by atoms with Crippen LogP contribution in [0, 0.1) is 12.8 Å². The van der Waals surface area contributed by atoms with E-state index in [1.54, 1.807) is 12.4 Å². The molecule has 24 heavy (non-hydrogen) atoms. The smallest absolute Gasteiger partial charge is 0.225 e. The van der Waals surface area contributed by atoms with Crippen molar-refractivity contribution < 1.29 is 4.79 Å². The lowest BCUT2D eigenvalue weighted by molar-refractivity contribution is -0.139. The van der Waals surface area contributed by atoms with Gasteiger partial charge in [0.25, 0.3) is 0 Å². The molecule has 6 heteroatoms. The molecule has 0 unspecified atom stereocenters. The van der Waals surface area contributed by atoms with Crippen LogP contribution in [-0.2, 0) is 4.79 Å². The van der Waals surface area contributed by atoms with E-state index < -0.39 is 0 Å². The van der Waals surface area contributed by atoms with E-state index in [1.165, 1.54) is 6.42 Å². The average molecular weight is 325 g/mol. The third-order valence-corrected chi connectivity index (χ3v) is 5.24. The van der Waals surface area contributed by atoms with E-state index in [1.807, 2.05) is 17.9 Å². The van der Waals surface area contributed by atoms with E-state index in [2.05, 4.69) is 15.0 Å². The number of aromatic nitrogens is 4. The Kier molecular flexibility index (Phi) is 4.04. The first-order valence-electron chi connectivity index (χ1n) is 8.85. The van der Waals surface area contributed by atoms with Crippen molar-refractivity contribution >= 4 is 5.91 Å². The summed E-state index contributed by atoms with van der Waals surface area (Å²) in [6.45, 7) is 3.65. The molecule has 1 aliphatic heterocycles. The molecular formula is C18H23N5O. The predicted octanol–water partition coefficient (Wildman–Crippen LogP) is 2.68. The maximum Gasteiger partial charge on any atom is 0.225 e. The Hall–Kier alpha value is -2.24. The fraction of sp³-hybridized carbons (Fsp3) is 0.556. The third kappa shape index (κ3) is 2.92. The fourth-order valence-corrected chi connectivity index (χ4v) is 3.57. The lowest BCUT2D eigenvalue weighted by Crippen LogP contribution is -2.43. The van der Waals surface area contributed by atoms with Gasteiger partial charge in [-0.15, -0.1) is 0 Å². The Morgan fingerprint density at radius 1 is 1.21 bits per heavy atom. The van der Waals surface area contributed by atoms with Crippen molar-refractivity contribution in [3.8, 4) is 11.5 Å². The van der Waals surface area contributed by atoms with E-state index in [-0.39, 0.29) is 0 Å². The summed E-state index contributed by atoms with van der Waals surface area (Å²) in [7, 11) is 0. The Morgan fingerprint density at radius 3 is 2.62 bits per heavy atom. The predicted molar refractivity (Wildman–Crippen MR) is 90.2 cm³/mol. The topological polar surface area (TPSA) is 74.8 Å². The molecule has 2 aromatic heterocycles. The molecule has 0 spiro atoms. The number of likely N-dealkylation sites (tertiary alicyclic amines) is 1. The second kappa shape index (κ2) is 6.34. The van der Waals surface area contributed by atoms with Crippen molar-refractivity contribution in [3.05, 3.63) is 30.0 Å². The molecule has 4 rings (SSSR count). The number of rotatable bonds is 3. The monoisotopic (exact) mass is 325 g/mol. The summed E-state index contributed by atoms with van der Waals surface area (Å²) >= 11 is 0. The first kappa shape index (κ1) is 15.3. The van der Waals surface area contributed by atoms with Crippen LogP contribution in [0.15, 0.2) is 18.5 Å². The Bertz CT molecular complexity index is 715. The number of amides is 1. The summed E-state index contributed by atoms with van der Waals surface area (Å²) in [6, 6.07) is 1.96. The second-order valence-electron chi connectivity index (χ2n) is 6.92. The standard InChI is InChI=1S/C18H23N5O/c1-12-11-15(17-19-7-8-20-17)22-16(21-12)13-5-9-23(10-6-13)18(24)14-3-2-4-14/h7-8,11,13-14H,2-6,9-10H2,1H3,(H,19,20). The second-order valence-corrected chi connectivity index (χ2v) is 6.92. The molecule has 1 amide bonds. The van der Waals surface area contributed by atoms with E-state index in [4.69, 9.17) is 4.98 Å². The normalized spacial score (nSPS) is 19.3. The van der Waals surface area contributed by atoms with Gasteiger partial charge in [0.2, 0.25) is 5.91 Å². The summed E-state index contributed by atoms with van der Waals surface area (Å²) < 4.78 is 0. The van der Waals surface area contributed by atoms with Gasteiger partial charge in [0, 0.05) is 43.0 Å². The highest BCUT2D eigenvalue weighted by atomic mass is 16.2. The van der Waals surface area contributed by atoms with Gasteiger partial charge in [0.1, 0.15) is 11.5 Å². The Balaban J connectivity index is 1.46. The zero-order valence-corrected chi connectivity index (χ0v) is 14.0. The molecule has 3 heterocycles. The number of carbonyl (C=O) groups is 1. The van der Waals surface area contributed by atoms with E-state index >= 15 is 0 Å². The number of carbonyl (C=O) groups excluding carboxylic acids is 1. The minimum atomic E-state index is 0.294. The van der Waals surface area contributed by atoms with Crippen LogP contribution in [0.2, 0.25) is 0 Å². The fourth-order valence-electron chi connectivity index (χ4n) is 3.57. The highest BCUT2D eigenvalue weighted by molar-refractivity contribution is 5.79. The lowest BCUT2D eigenvalue weighted by Gasteiger charge is -2.36. The first-order valence-corrected chi connectivity index (χ1v) is 8.85. The minimum Gasteiger partial charge on any atom is -0.343 e. The number of H-pyrrole nitrogens is 1. The van der Waals surface area contributed by atoms with Crippen LogP contribution >= 0.6 is 0 Å². The molecule has 0 radical (unpaired) electrons. The molecule has 2 aromatic rings. The van der Waals surface area contributed by atoms with Gasteiger partial charge in [-0.1, -0.05) is 6.42 Å². The van der Waals surface area contributed by atoms with Gasteiger partial charge in [-0.2, -0.15) is 0 Å². The van der Waals surface area contributed by atoms with Crippen molar-refractivity contribution in [2.75, 3.05) is 13.1 Å². The Morgan fingerprint density at radius 2 is 2.00 bits per heavy atom. The van der Waals surface area contributed by atoms with E-state index in [0.29, 0.717) is 17.7 Å². The van der Waals surface area contributed by atoms with Gasteiger partial charge in [0.15, 0.2) is 5.82 Å². The number of hydrogen-bond donors (Lipinski definition) is 1. The first-order chi connectivity index (χ1) is 11.7. The van der Waals surface area contributed by atoms with E-state index in [0.717, 1.165) is 61.8 Å². The van der Waals surface area contributed by atoms with Crippen LogP contribution in [0.5, 0.6) is 0 Å². The highest BCUT2D eigenvalue weighted by Gasteiger charge is 2.32. The van der Waals surface area contributed by atoms with Gasteiger partial charge in [-0.05, 0) is 38.7 Å². The maximum absolute atomic E-state index is 12.4. The minimum absolute atomic E-state index is 0.294.